The van der Waals surface area contributed by atoms with Gasteiger partial charge in [0.05, 0.1) is 0 Å². The molecule has 1 fully saturated rings. The van der Waals surface area contributed by atoms with Gasteiger partial charge in [-0.3, -0.25) is 4.79 Å². The van der Waals surface area contributed by atoms with Gasteiger partial charge in [0.1, 0.15) is 11.4 Å². The van der Waals surface area contributed by atoms with Crippen molar-refractivity contribution in [2.75, 3.05) is 47.9 Å². The minimum atomic E-state index is -2.17. The Balaban J connectivity index is 1.29. The molecule has 10 heteroatoms. The number of piperazine rings is 1. The number of rotatable bonds is 8. The van der Waals surface area contributed by atoms with E-state index in [0.717, 1.165) is 17.0 Å². The Morgan fingerprint density at radius 2 is 1.34 bits per heavy atom. The SMILES string of the molecule is CCC(C)c1ccc(OCC(=O)Nc2ccc(N3CCN(c4c(F)c(F)c(F)c(F)c4F)CC3)cc2)cc1. The number of ether oxygens (including phenoxy) is 1. The quantitative estimate of drug-likeness (QED) is 0.212. The van der Waals surface area contributed by atoms with Crippen molar-refractivity contribution >= 4 is 23.0 Å². The highest BCUT2D eigenvalue weighted by Gasteiger charge is 2.30. The van der Waals surface area contributed by atoms with E-state index in [1.807, 2.05) is 29.2 Å². The number of carbonyl (C=O) groups excluding carboxylic acids is 1. The van der Waals surface area contributed by atoms with Crippen molar-refractivity contribution in [3.63, 3.8) is 0 Å². The largest absolute Gasteiger partial charge is 0.484 e. The molecule has 1 atom stereocenters. The van der Waals surface area contributed by atoms with E-state index >= 15 is 0 Å². The van der Waals surface area contributed by atoms with E-state index in [4.69, 9.17) is 4.74 Å². The van der Waals surface area contributed by atoms with Gasteiger partial charge < -0.3 is 19.9 Å². The normalized spacial score (nSPS) is 14.4. The van der Waals surface area contributed by atoms with Gasteiger partial charge in [-0.05, 0) is 54.3 Å². The summed E-state index contributed by atoms with van der Waals surface area (Å²) >= 11 is 0. The number of benzene rings is 3. The van der Waals surface area contributed by atoms with Crippen molar-refractivity contribution in [2.24, 2.45) is 0 Å². The average Bonchev–Trinajstić information content (AvgIpc) is 2.94. The summed E-state index contributed by atoms with van der Waals surface area (Å²) in [6, 6.07) is 14.6. The highest BCUT2D eigenvalue weighted by atomic mass is 19.2. The predicted molar refractivity (Wildman–Crippen MR) is 136 cm³/mol. The van der Waals surface area contributed by atoms with Gasteiger partial charge in [0.2, 0.25) is 5.82 Å². The maximum absolute atomic E-state index is 14.1. The molecule has 5 nitrogen and oxygen atoms in total. The molecule has 1 aliphatic heterocycles. The van der Waals surface area contributed by atoms with Crippen molar-refractivity contribution in [1.29, 1.82) is 0 Å². The molecule has 0 saturated carbocycles. The summed E-state index contributed by atoms with van der Waals surface area (Å²) in [6.07, 6.45) is 1.04. The number of hydrogen-bond donors (Lipinski definition) is 1. The molecule has 0 radical (unpaired) electrons. The van der Waals surface area contributed by atoms with E-state index in [1.54, 1.807) is 24.3 Å². The molecule has 1 heterocycles. The lowest BCUT2D eigenvalue weighted by molar-refractivity contribution is -0.118. The summed E-state index contributed by atoms with van der Waals surface area (Å²) in [5.41, 5.74) is 1.66. The lowest BCUT2D eigenvalue weighted by Gasteiger charge is -2.37. The van der Waals surface area contributed by atoms with E-state index < -0.39 is 34.8 Å². The van der Waals surface area contributed by atoms with Gasteiger partial charge in [-0.25, -0.2) is 22.0 Å². The standard InChI is InChI=1S/C28H28F5N3O2/c1-3-17(2)18-4-10-21(11-5-18)38-16-22(37)34-19-6-8-20(9-7-19)35-12-14-36(15-13-35)28-26(32)24(30)23(29)25(31)27(28)33/h4-11,17H,3,12-16H2,1-2H3,(H,34,37). The molecule has 1 unspecified atom stereocenters. The molecule has 202 valence electrons. The molecule has 1 saturated heterocycles. The van der Waals surface area contributed by atoms with Crippen LogP contribution in [0.3, 0.4) is 0 Å². The van der Waals surface area contributed by atoms with Crippen LogP contribution >= 0.6 is 0 Å². The first-order chi connectivity index (χ1) is 18.2. The molecule has 0 spiro atoms. The van der Waals surface area contributed by atoms with E-state index in [-0.39, 0.29) is 25.6 Å². The van der Waals surface area contributed by atoms with Crippen LogP contribution in [-0.2, 0) is 4.79 Å². The Labute approximate surface area is 217 Å². The monoisotopic (exact) mass is 533 g/mol. The van der Waals surface area contributed by atoms with Gasteiger partial charge in [-0.15, -0.1) is 0 Å². The molecule has 1 N–H and O–H groups in total. The summed E-state index contributed by atoms with van der Waals surface area (Å²) in [5, 5.41) is 2.76. The molecule has 4 rings (SSSR count). The molecular weight excluding hydrogens is 505 g/mol. The molecule has 1 amide bonds. The van der Waals surface area contributed by atoms with Crippen molar-refractivity contribution in [2.45, 2.75) is 26.2 Å². The third-order valence-electron chi connectivity index (χ3n) is 6.73. The molecular formula is C28H28F5N3O2. The van der Waals surface area contributed by atoms with Gasteiger partial charge in [0.25, 0.3) is 5.91 Å². The van der Waals surface area contributed by atoms with Gasteiger partial charge in [0, 0.05) is 37.6 Å². The van der Waals surface area contributed by atoms with Crippen LogP contribution in [0, 0.1) is 29.1 Å². The van der Waals surface area contributed by atoms with Gasteiger partial charge >= 0.3 is 0 Å². The number of amides is 1. The van der Waals surface area contributed by atoms with Crippen LogP contribution in [0.4, 0.5) is 39.0 Å². The first-order valence-electron chi connectivity index (χ1n) is 12.3. The first-order valence-corrected chi connectivity index (χ1v) is 12.3. The van der Waals surface area contributed by atoms with Gasteiger partial charge in [0.15, 0.2) is 29.9 Å². The topological polar surface area (TPSA) is 44.8 Å². The molecule has 0 aliphatic carbocycles. The minimum Gasteiger partial charge on any atom is -0.484 e. The third kappa shape index (κ3) is 5.84. The third-order valence-corrected chi connectivity index (χ3v) is 6.73. The minimum absolute atomic E-state index is 0.0620. The molecule has 3 aromatic rings. The summed E-state index contributed by atoms with van der Waals surface area (Å²) in [4.78, 5) is 15.4. The van der Waals surface area contributed by atoms with E-state index in [1.165, 1.54) is 5.56 Å². The Bertz CT molecular complexity index is 1250. The van der Waals surface area contributed by atoms with Crippen LogP contribution in [0.15, 0.2) is 48.5 Å². The number of nitrogens with one attached hydrogen (secondary N) is 1. The summed E-state index contributed by atoms with van der Waals surface area (Å²) in [7, 11) is 0. The lowest BCUT2D eigenvalue weighted by Crippen LogP contribution is -2.47. The zero-order valence-corrected chi connectivity index (χ0v) is 21.0. The number of hydrogen-bond acceptors (Lipinski definition) is 4. The van der Waals surface area contributed by atoms with Crippen molar-refractivity contribution in [3.8, 4) is 5.75 Å². The highest BCUT2D eigenvalue weighted by Crippen LogP contribution is 2.31. The number of carbonyl (C=O) groups is 1. The van der Waals surface area contributed by atoms with E-state index in [9.17, 15) is 26.7 Å². The number of nitrogens with zero attached hydrogens (tertiary/aromatic N) is 2. The van der Waals surface area contributed by atoms with Gasteiger partial charge in [-0.1, -0.05) is 26.0 Å². The van der Waals surface area contributed by atoms with Gasteiger partial charge in [-0.2, -0.15) is 0 Å². The fourth-order valence-corrected chi connectivity index (χ4v) is 4.29. The Morgan fingerprint density at radius 1 is 0.816 bits per heavy atom. The second-order valence-corrected chi connectivity index (χ2v) is 9.15. The van der Waals surface area contributed by atoms with E-state index in [0.29, 0.717) is 30.4 Å². The summed E-state index contributed by atoms with van der Waals surface area (Å²) < 4.78 is 74.4. The molecule has 3 aromatic carbocycles. The van der Waals surface area contributed by atoms with E-state index in [2.05, 4.69) is 19.2 Å². The second kappa shape index (κ2) is 11.7. The van der Waals surface area contributed by atoms with Crippen LogP contribution in [0.2, 0.25) is 0 Å². The van der Waals surface area contributed by atoms with Crippen LogP contribution in [0.1, 0.15) is 31.7 Å². The van der Waals surface area contributed by atoms with Crippen molar-refractivity contribution in [3.05, 3.63) is 83.2 Å². The zero-order chi connectivity index (χ0) is 27.4. The molecule has 38 heavy (non-hydrogen) atoms. The highest BCUT2D eigenvalue weighted by molar-refractivity contribution is 5.92. The van der Waals surface area contributed by atoms with Crippen LogP contribution < -0.4 is 19.9 Å². The lowest BCUT2D eigenvalue weighted by atomic mass is 9.99. The Hall–Kier alpha value is -3.82. The van der Waals surface area contributed by atoms with Crippen molar-refractivity contribution in [1.82, 2.24) is 0 Å². The summed E-state index contributed by atoms with van der Waals surface area (Å²) in [6.45, 7) is 4.85. The van der Waals surface area contributed by atoms with Crippen molar-refractivity contribution < 1.29 is 31.5 Å². The molecule has 0 aromatic heterocycles. The Kier molecular flexibility index (Phi) is 8.38. The smallest absolute Gasteiger partial charge is 0.262 e. The second-order valence-electron chi connectivity index (χ2n) is 9.15. The maximum Gasteiger partial charge on any atom is 0.262 e. The predicted octanol–water partition coefficient (Wildman–Crippen LogP) is 6.24. The first kappa shape index (κ1) is 27.2. The zero-order valence-electron chi connectivity index (χ0n) is 21.0. The Morgan fingerprint density at radius 3 is 1.89 bits per heavy atom. The molecule has 0 bridgehead atoms. The fourth-order valence-electron chi connectivity index (χ4n) is 4.29. The van der Waals surface area contributed by atoms with Crippen LogP contribution in [-0.4, -0.2) is 38.7 Å². The fraction of sp³-hybridized carbons (Fsp3) is 0.321. The van der Waals surface area contributed by atoms with Crippen LogP contribution in [0.5, 0.6) is 5.75 Å². The van der Waals surface area contributed by atoms with Crippen LogP contribution in [0.25, 0.3) is 0 Å². The maximum atomic E-state index is 14.1. The average molecular weight is 534 g/mol. The molecule has 1 aliphatic rings. The number of halogens is 5. The number of anilines is 3. The summed E-state index contributed by atoms with van der Waals surface area (Å²) in [5.74, 6) is -9.00.